The van der Waals surface area contributed by atoms with Crippen LogP contribution in [-0.2, 0) is 16.4 Å². The Labute approximate surface area is 185 Å². The monoisotopic (exact) mass is 444 g/mol. The first kappa shape index (κ1) is 23.1. The van der Waals surface area contributed by atoms with Crippen LogP contribution in [0.3, 0.4) is 0 Å². The van der Waals surface area contributed by atoms with Crippen LogP contribution in [0.1, 0.15) is 42.1 Å². The number of rotatable bonds is 9. The summed E-state index contributed by atoms with van der Waals surface area (Å²) >= 11 is 0. The zero-order valence-electron chi connectivity index (χ0n) is 18.6. The highest BCUT2D eigenvalue weighted by Gasteiger charge is 2.35. The second-order valence-corrected chi connectivity index (χ2v) is 10.5. The van der Waals surface area contributed by atoms with Crippen LogP contribution in [0.4, 0.5) is 5.69 Å². The third-order valence-electron chi connectivity index (χ3n) is 5.58. The molecule has 1 amide bonds. The number of ether oxygens (including phenoxy) is 1. The molecule has 168 valence electrons. The van der Waals surface area contributed by atoms with E-state index < -0.39 is 9.84 Å². The molecule has 2 aromatic carbocycles. The largest absolute Gasteiger partial charge is 0.494 e. The summed E-state index contributed by atoms with van der Waals surface area (Å²) in [4.78, 5) is 17.1. The molecule has 0 spiro atoms. The van der Waals surface area contributed by atoms with Crippen molar-refractivity contribution in [1.29, 1.82) is 0 Å². The van der Waals surface area contributed by atoms with Crippen LogP contribution < -0.4 is 9.64 Å². The second-order valence-electron chi connectivity index (χ2n) is 8.28. The molecule has 0 radical (unpaired) electrons. The summed E-state index contributed by atoms with van der Waals surface area (Å²) < 4.78 is 29.9. The predicted molar refractivity (Wildman–Crippen MR) is 125 cm³/mol. The fourth-order valence-corrected chi connectivity index (χ4v) is 5.41. The van der Waals surface area contributed by atoms with E-state index in [0.717, 1.165) is 29.8 Å². The van der Waals surface area contributed by atoms with Gasteiger partial charge in [-0.1, -0.05) is 25.5 Å². The van der Waals surface area contributed by atoms with Gasteiger partial charge in [0.05, 0.1) is 18.1 Å². The molecule has 7 heteroatoms. The van der Waals surface area contributed by atoms with Crippen LogP contribution in [0.15, 0.2) is 48.5 Å². The molecule has 0 N–H and O–H groups in total. The second kappa shape index (κ2) is 10.2. The first-order valence-electron chi connectivity index (χ1n) is 10.8. The number of unbranched alkanes of at least 4 members (excludes halogenated alkanes) is 1. The van der Waals surface area contributed by atoms with Crippen LogP contribution in [0.2, 0.25) is 0 Å². The van der Waals surface area contributed by atoms with Crippen molar-refractivity contribution >= 4 is 21.4 Å². The van der Waals surface area contributed by atoms with Crippen molar-refractivity contribution in [1.82, 2.24) is 4.90 Å². The first-order chi connectivity index (χ1) is 14.8. The van der Waals surface area contributed by atoms with E-state index in [4.69, 9.17) is 4.74 Å². The Morgan fingerprint density at radius 1 is 1.06 bits per heavy atom. The Morgan fingerprint density at radius 2 is 1.74 bits per heavy atom. The molecular weight excluding hydrogens is 412 g/mol. The number of hydrogen-bond donors (Lipinski definition) is 0. The van der Waals surface area contributed by atoms with Crippen molar-refractivity contribution in [2.24, 2.45) is 0 Å². The van der Waals surface area contributed by atoms with Crippen LogP contribution in [0, 0.1) is 0 Å². The van der Waals surface area contributed by atoms with Gasteiger partial charge in [0.1, 0.15) is 5.75 Å². The van der Waals surface area contributed by atoms with E-state index in [1.54, 1.807) is 29.2 Å². The molecule has 0 saturated carbocycles. The fraction of sp³-hybridized carbons (Fsp3) is 0.458. The summed E-state index contributed by atoms with van der Waals surface area (Å²) in [6, 6.07) is 14.8. The Bertz CT molecular complexity index is 970. The van der Waals surface area contributed by atoms with Crippen molar-refractivity contribution in [3.8, 4) is 5.75 Å². The normalized spacial score (nSPS) is 17.3. The molecule has 1 aliphatic rings. The molecule has 1 atom stereocenters. The Kier molecular flexibility index (Phi) is 7.59. The lowest BCUT2D eigenvalue weighted by Gasteiger charge is -2.29. The van der Waals surface area contributed by atoms with E-state index in [-0.39, 0.29) is 23.5 Å². The lowest BCUT2D eigenvalue weighted by atomic mass is 10.1. The first-order valence-corrected chi connectivity index (χ1v) is 12.6. The summed E-state index contributed by atoms with van der Waals surface area (Å²) in [5.41, 5.74) is 2.59. The van der Waals surface area contributed by atoms with Gasteiger partial charge in [0, 0.05) is 37.9 Å². The molecule has 1 saturated heterocycles. The molecule has 3 rings (SSSR count). The number of benzene rings is 2. The third-order valence-corrected chi connectivity index (χ3v) is 7.33. The average molecular weight is 445 g/mol. The summed E-state index contributed by atoms with van der Waals surface area (Å²) in [5, 5.41) is 0. The lowest BCUT2D eigenvalue weighted by molar-refractivity contribution is 0.0681. The van der Waals surface area contributed by atoms with Crippen LogP contribution in [-0.4, -0.2) is 57.5 Å². The van der Waals surface area contributed by atoms with Gasteiger partial charge in [-0.05, 0) is 54.8 Å². The highest BCUT2D eigenvalue weighted by atomic mass is 32.2. The molecule has 2 aromatic rings. The molecule has 1 unspecified atom stereocenters. The van der Waals surface area contributed by atoms with Gasteiger partial charge < -0.3 is 14.5 Å². The predicted octanol–water partition coefficient (Wildman–Crippen LogP) is 3.76. The minimum Gasteiger partial charge on any atom is -0.494 e. The van der Waals surface area contributed by atoms with Gasteiger partial charge in [-0.15, -0.1) is 0 Å². The van der Waals surface area contributed by atoms with Crippen LogP contribution in [0.25, 0.3) is 0 Å². The number of nitrogens with zero attached hydrogens (tertiary/aromatic N) is 2. The maximum Gasteiger partial charge on any atom is 0.254 e. The van der Waals surface area contributed by atoms with Crippen LogP contribution in [0.5, 0.6) is 5.75 Å². The van der Waals surface area contributed by atoms with Gasteiger partial charge in [-0.25, -0.2) is 8.42 Å². The van der Waals surface area contributed by atoms with Crippen molar-refractivity contribution < 1.29 is 17.9 Å². The smallest absolute Gasteiger partial charge is 0.254 e. The highest BCUT2D eigenvalue weighted by molar-refractivity contribution is 7.91. The Balaban J connectivity index is 1.79. The van der Waals surface area contributed by atoms with E-state index in [9.17, 15) is 13.2 Å². The van der Waals surface area contributed by atoms with E-state index in [1.165, 1.54) is 0 Å². The number of hydrogen-bond acceptors (Lipinski definition) is 5. The molecule has 1 fully saturated rings. The van der Waals surface area contributed by atoms with Gasteiger partial charge in [-0.2, -0.15) is 0 Å². The average Bonchev–Trinajstić information content (AvgIpc) is 3.12. The van der Waals surface area contributed by atoms with E-state index in [2.05, 4.69) is 6.92 Å². The molecule has 31 heavy (non-hydrogen) atoms. The standard InChI is InChI=1S/C24H32N2O4S/c1-4-5-15-30-23-12-8-20(9-13-23)24(27)26(22-14-16-31(28,29)18-22)17-19-6-10-21(11-7-19)25(2)3/h6-13,22H,4-5,14-18H2,1-3H3. The quantitative estimate of drug-likeness (QED) is 0.551. The Hall–Kier alpha value is -2.54. The fourth-order valence-electron chi connectivity index (χ4n) is 3.68. The molecule has 6 nitrogen and oxygen atoms in total. The third kappa shape index (κ3) is 6.23. The van der Waals surface area contributed by atoms with Crippen molar-refractivity contribution in [3.05, 3.63) is 59.7 Å². The van der Waals surface area contributed by atoms with Gasteiger partial charge in [0.25, 0.3) is 5.91 Å². The zero-order valence-corrected chi connectivity index (χ0v) is 19.4. The van der Waals surface area contributed by atoms with Crippen molar-refractivity contribution in [3.63, 3.8) is 0 Å². The lowest BCUT2D eigenvalue weighted by Crippen LogP contribution is -2.40. The van der Waals surface area contributed by atoms with Gasteiger partial charge in [0.2, 0.25) is 0 Å². The summed E-state index contributed by atoms with van der Waals surface area (Å²) in [6.45, 7) is 3.14. The number of anilines is 1. The zero-order chi connectivity index (χ0) is 22.4. The van der Waals surface area contributed by atoms with Gasteiger partial charge >= 0.3 is 0 Å². The van der Waals surface area contributed by atoms with Gasteiger partial charge in [-0.3, -0.25) is 4.79 Å². The van der Waals surface area contributed by atoms with Crippen LogP contribution >= 0.6 is 0 Å². The van der Waals surface area contributed by atoms with E-state index in [0.29, 0.717) is 25.1 Å². The molecule has 0 bridgehead atoms. The van der Waals surface area contributed by atoms with E-state index in [1.807, 2.05) is 43.3 Å². The molecule has 0 aliphatic carbocycles. The number of amides is 1. The number of sulfone groups is 1. The minimum absolute atomic E-state index is 0.0206. The SMILES string of the molecule is CCCCOc1ccc(C(=O)N(Cc2ccc(N(C)C)cc2)C2CCS(=O)(=O)C2)cc1. The van der Waals surface area contributed by atoms with Crippen molar-refractivity contribution in [2.75, 3.05) is 37.1 Å². The topological polar surface area (TPSA) is 66.9 Å². The summed E-state index contributed by atoms with van der Waals surface area (Å²) in [7, 11) is 0.846. The number of carbonyl (C=O) groups excluding carboxylic acids is 1. The Morgan fingerprint density at radius 3 is 2.29 bits per heavy atom. The van der Waals surface area contributed by atoms with Crippen molar-refractivity contribution in [2.45, 2.75) is 38.8 Å². The molecule has 1 heterocycles. The molecule has 1 aliphatic heterocycles. The maximum atomic E-state index is 13.4. The summed E-state index contributed by atoms with van der Waals surface area (Å²) in [5.74, 6) is 0.732. The number of carbonyl (C=O) groups is 1. The highest BCUT2D eigenvalue weighted by Crippen LogP contribution is 2.24. The maximum absolute atomic E-state index is 13.4. The minimum atomic E-state index is -3.11. The molecular formula is C24H32N2O4S. The summed E-state index contributed by atoms with van der Waals surface area (Å²) in [6.07, 6.45) is 2.52. The van der Waals surface area contributed by atoms with Gasteiger partial charge in [0.15, 0.2) is 9.84 Å². The molecule has 0 aromatic heterocycles. The van der Waals surface area contributed by atoms with E-state index >= 15 is 0 Å².